The molecule has 0 saturated carbocycles. The van der Waals surface area contributed by atoms with Crippen LogP contribution in [0.2, 0.25) is 0 Å². The van der Waals surface area contributed by atoms with Gasteiger partial charge in [-0.2, -0.15) is 0 Å². The first-order valence-electron chi connectivity index (χ1n) is 10.1. The number of nitrogens with two attached hydrogens (primary N) is 1. The van der Waals surface area contributed by atoms with E-state index in [1.54, 1.807) is 7.11 Å². The third-order valence-corrected chi connectivity index (χ3v) is 5.56. The highest BCUT2D eigenvalue weighted by Gasteiger charge is 2.17. The molecule has 0 spiro atoms. The number of para-hydroxylation sites is 1. The smallest absolute Gasteiger partial charge is 0.249 e. The summed E-state index contributed by atoms with van der Waals surface area (Å²) in [7, 11) is 1.69. The van der Waals surface area contributed by atoms with Gasteiger partial charge in [0.15, 0.2) is 0 Å². The van der Waals surface area contributed by atoms with Crippen molar-refractivity contribution >= 4 is 27.7 Å². The van der Waals surface area contributed by atoms with E-state index in [9.17, 15) is 4.79 Å². The van der Waals surface area contributed by atoms with Crippen LogP contribution in [0.5, 0.6) is 5.75 Å². The Bertz CT molecular complexity index is 1190. The standard InChI is InChI=1S/C25H26N2O2/c1-3-4-8-17-13-14-19-22(15-17)27(16-18-9-5-6-12-23(18)29-2)21-11-7-10-20(24(19)21)25(26)28/h5-7,9-15H,3-4,8,16H2,1-2H3,(H2,26,28). The zero-order valence-corrected chi connectivity index (χ0v) is 16.9. The Labute approximate surface area is 170 Å². The first-order chi connectivity index (χ1) is 14.1. The first kappa shape index (κ1) is 19.1. The van der Waals surface area contributed by atoms with Crippen LogP contribution in [0.1, 0.15) is 41.3 Å². The van der Waals surface area contributed by atoms with E-state index in [0.29, 0.717) is 12.1 Å². The second-order valence-corrected chi connectivity index (χ2v) is 7.42. The van der Waals surface area contributed by atoms with Gasteiger partial charge in [0.25, 0.3) is 0 Å². The fraction of sp³-hybridized carbons (Fsp3) is 0.240. The normalized spacial score (nSPS) is 11.2. The molecule has 0 radical (unpaired) electrons. The van der Waals surface area contributed by atoms with Gasteiger partial charge in [-0.05, 0) is 42.7 Å². The molecule has 0 fully saturated rings. The molecule has 2 N–H and O–H groups in total. The predicted octanol–water partition coefficient (Wildman–Crippen LogP) is 5.29. The largest absolute Gasteiger partial charge is 0.496 e. The SMILES string of the molecule is CCCCc1ccc2c3c(C(N)=O)cccc3n(Cc3ccccc3OC)c2c1. The van der Waals surface area contributed by atoms with Crippen LogP contribution in [0.25, 0.3) is 21.8 Å². The summed E-state index contributed by atoms with van der Waals surface area (Å²) < 4.78 is 7.84. The molecule has 29 heavy (non-hydrogen) atoms. The molecule has 4 rings (SSSR count). The lowest BCUT2D eigenvalue weighted by molar-refractivity contribution is 0.100. The second kappa shape index (κ2) is 8.00. The number of fused-ring (bicyclic) bond motifs is 3. The number of rotatable bonds is 7. The average molecular weight is 386 g/mol. The molecule has 148 valence electrons. The molecule has 4 nitrogen and oxygen atoms in total. The van der Waals surface area contributed by atoms with E-state index in [1.807, 2.05) is 30.3 Å². The molecule has 0 bridgehead atoms. The molecule has 1 aromatic heterocycles. The van der Waals surface area contributed by atoms with E-state index in [0.717, 1.165) is 52.4 Å². The molecule has 0 atom stereocenters. The quantitative estimate of drug-likeness (QED) is 0.469. The van der Waals surface area contributed by atoms with Gasteiger partial charge >= 0.3 is 0 Å². The van der Waals surface area contributed by atoms with Crippen LogP contribution in [0.15, 0.2) is 60.7 Å². The Kier molecular flexibility index (Phi) is 5.26. The molecule has 0 aliphatic rings. The molecule has 4 aromatic rings. The third kappa shape index (κ3) is 3.46. The Morgan fingerprint density at radius 1 is 1.03 bits per heavy atom. The highest BCUT2D eigenvalue weighted by atomic mass is 16.5. The number of primary amides is 1. The number of methoxy groups -OCH3 is 1. The molecular weight excluding hydrogens is 360 g/mol. The number of amides is 1. The number of benzene rings is 3. The fourth-order valence-electron chi connectivity index (χ4n) is 4.11. The van der Waals surface area contributed by atoms with Gasteiger partial charge in [0.1, 0.15) is 5.75 Å². The van der Waals surface area contributed by atoms with E-state index in [1.165, 1.54) is 5.56 Å². The summed E-state index contributed by atoms with van der Waals surface area (Å²) in [6, 6.07) is 20.4. The number of aryl methyl sites for hydroxylation is 1. The Balaban J connectivity index is 1.98. The number of nitrogens with zero attached hydrogens (tertiary/aromatic N) is 1. The topological polar surface area (TPSA) is 57.2 Å². The number of aromatic nitrogens is 1. The van der Waals surface area contributed by atoms with Crippen molar-refractivity contribution in [2.45, 2.75) is 32.7 Å². The number of unbranched alkanes of at least 4 members (excludes halogenated alkanes) is 1. The van der Waals surface area contributed by atoms with Gasteiger partial charge in [-0.25, -0.2) is 0 Å². The summed E-state index contributed by atoms with van der Waals surface area (Å²) in [4.78, 5) is 12.1. The Morgan fingerprint density at radius 2 is 1.86 bits per heavy atom. The highest BCUT2D eigenvalue weighted by Crippen LogP contribution is 2.34. The summed E-state index contributed by atoms with van der Waals surface area (Å²) in [5.41, 5.74) is 10.8. The van der Waals surface area contributed by atoms with Crippen LogP contribution >= 0.6 is 0 Å². The lowest BCUT2D eigenvalue weighted by Gasteiger charge is -2.12. The Hall–Kier alpha value is -3.27. The molecule has 0 aliphatic heterocycles. The minimum atomic E-state index is -0.401. The van der Waals surface area contributed by atoms with E-state index < -0.39 is 5.91 Å². The average Bonchev–Trinajstić information content (AvgIpc) is 3.05. The van der Waals surface area contributed by atoms with Crippen LogP contribution in [0.3, 0.4) is 0 Å². The summed E-state index contributed by atoms with van der Waals surface area (Å²) in [6.45, 7) is 2.86. The summed E-state index contributed by atoms with van der Waals surface area (Å²) in [5.74, 6) is 0.456. The maximum atomic E-state index is 12.1. The molecular formula is C25H26N2O2. The first-order valence-corrected chi connectivity index (χ1v) is 10.1. The highest BCUT2D eigenvalue weighted by molar-refractivity contribution is 6.18. The van der Waals surface area contributed by atoms with Gasteiger partial charge in [-0.1, -0.05) is 49.7 Å². The summed E-state index contributed by atoms with van der Waals surface area (Å²) >= 11 is 0. The van der Waals surface area contributed by atoms with Crippen molar-refractivity contribution in [3.05, 3.63) is 77.4 Å². The van der Waals surface area contributed by atoms with Crippen LogP contribution in [0.4, 0.5) is 0 Å². The van der Waals surface area contributed by atoms with E-state index >= 15 is 0 Å². The number of hydrogen-bond acceptors (Lipinski definition) is 2. The summed E-state index contributed by atoms with van der Waals surface area (Å²) in [6.07, 6.45) is 3.37. The van der Waals surface area contributed by atoms with E-state index in [-0.39, 0.29) is 0 Å². The van der Waals surface area contributed by atoms with Gasteiger partial charge < -0.3 is 15.0 Å². The van der Waals surface area contributed by atoms with E-state index in [4.69, 9.17) is 10.5 Å². The van der Waals surface area contributed by atoms with Gasteiger partial charge in [0, 0.05) is 27.4 Å². The Morgan fingerprint density at radius 3 is 2.62 bits per heavy atom. The number of carbonyl (C=O) groups is 1. The van der Waals surface area contributed by atoms with Crippen LogP contribution in [-0.2, 0) is 13.0 Å². The van der Waals surface area contributed by atoms with Crippen molar-refractivity contribution in [3.8, 4) is 5.75 Å². The lowest BCUT2D eigenvalue weighted by Crippen LogP contribution is -2.11. The zero-order valence-electron chi connectivity index (χ0n) is 16.9. The molecule has 3 aromatic carbocycles. The number of carbonyl (C=O) groups excluding carboxylic acids is 1. The van der Waals surface area contributed by atoms with Crippen molar-refractivity contribution in [3.63, 3.8) is 0 Å². The van der Waals surface area contributed by atoms with Crippen molar-refractivity contribution in [2.75, 3.05) is 7.11 Å². The number of hydrogen-bond donors (Lipinski definition) is 1. The van der Waals surface area contributed by atoms with Crippen LogP contribution in [-0.4, -0.2) is 17.6 Å². The minimum Gasteiger partial charge on any atom is -0.496 e. The molecule has 1 amide bonds. The maximum Gasteiger partial charge on any atom is 0.249 e. The summed E-state index contributed by atoms with van der Waals surface area (Å²) in [5, 5.41) is 1.98. The monoisotopic (exact) mass is 386 g/mol. The maximum absolute atomic E-state index is 12.1. The van der Waals surface area contributed by atoms with Gasteiger partial charge in [-0.15, -0.1) is 0 Å². The number of ether oxygens (including phenoxy) is 1. The van der Waals surface area contributed by atoms with Gasteiger partial charge in [0.2, 0.25) is 5.91 Å². The predicted molar refractivity (Wildman–Crippen MR) is 119 cm³/mol. The van der Waals surface area contributed by atoms with Gasteiger partial charge in [-0.3, -0.25) is 4.79 Å². The third-order valence-electron chi connectivity index (χ3n) is 5.56. The molecule has 1 heterocycles. The zero-order chi connectivity index (χ0) is 20.4. The van der Waals surface area contributed by atoms with Crippen molar-refractivity contribution in [2.24, 2.45) is 5.73 Å². The molecule has 4 heteroatoms. The molecule has 0 aliphatic carbocycles. The second-order valence-electron chi connectivity index (χ2n) is 7.42. The fourth-order valence-corrected chi connectivity index (χ4v) is 4.11. The van der Waals surface area contributed by atoms with Crippen molar-refractivity contribution in [1.82, 2.24) is 4.57 Å². The van der Waals surface area contributed by atoms with Crippen LogP contribution < -0.4 is 10.5 Å². The van der Waals surface area contributed by atoms with Gasteiger partial charge in [0.05, 0.1) is 19.2 Å². The van der Waals surface area contributed by atoms with Crippen molar-refractivity contribution < 1.29 is 9.53 Å². The van der Waals surface area contributed by atoms with E-state index in [2.05, 4.69) is 41.8 Å². The minimum absolute atomic E-state index is 0.401. The molecule has 0 unspecified atom stereocenters. The van der Waals surface area contributed by atoms with Crippen LogP contribution in [0, 0.1) is 0 Å². The lowest BCUT2D eigenvalue weighted by atomic mass is 10.0. The van der Waals surface area contributed by atoms with Crippen molar-refractivity contribution in [1.29, 1.82) is 0 Å². The molecule has 0 saturated heterocycles.